The average Bonchev–Trinajstić information content (AvgIpc) is 2.33. The van der Waals surface area contributed by atoms with E-state index < -0.39 is 0 Å². The van der Waals surface area contributed by atoms with Gasteiger partial charge < -0.3 is 10.1 Å². The zero-order valence-corrected chi connectivity index (χ0v) is 10.9. The summed E-state index contributed by atoms with van der Waals surface area (Å²) in [5.74, 6) is -0.140. The molecule has 0 radical (unpaired) electrons. The normalized spacial score (nSPS) is 10.3. The Balaban J connectivity index is 2.27. The molecule has 0 atom stereocenters. The number of esters is 1. The maximum absolute atomic E-state index is 10.9. The van der Waals surface area contributed by atoms with E-state index in [-0.39, 0.29) is 5.97 Å². The van der Waals surface area contributed by atoms with Crippen LogP contribution in [0.25, 0.3) is 0 Å². The summed E-state index contributed by atoms with van der Waals surface area (Å²) in [5.41, 5.74) is 3.98. The number of carbonyl (C=O) groups excluding carboxylic acids is 1. The number of carbonyl (C=O) groups is 1. The van der Waals surface area contributed by atoms with E-state index in [4.69, 9.17) is 0 Å². The number of benzene rings is 1. The summed E-state index contributed by atoms with van der Waals surface area (Å²) in [7, 11) is 1.42. The van der Waals surface area contributed by atoms with Gasteiger partial charge in [-0.2, -0.15) is 0 Å². The second-order valence-corrected chi connectivity index (χ2v) is 4.22. The summed E-state index contributed by atoms with van der Waals surface area (Å²) in [6, 6.07) is 6.33. The van der Waals surface area contributed by atoms with Gasteiger partial charge in [0.25, 0.3) is 0 Å². The Labute approximate surface area is 103 Å². The van der Waals surface area contributed by atoms with Crippen molar-refractivity contribution in [2.24, 2.45) is 0 Å². The fourth-order valence-electron chi connectivity index (χ4n) is 1.69. The van der Waals surface area contributed by atoms with Crippen molar-refractivity contribution in [2.75, 3.05) is 13.7 Å². The lowest BCUT2D eigenvalue weighted by molar-refractivity contribution is -0.140. The number of nitrogens with one attached hydrogen (secondary N) is 1. The van der Waals surface area contributed by atoms with Crippen LogP contribution in [0.4, 0.5) is 0 Å². The lowest BCUT2D eigenvalue weighted by Crippen LogP contribution is -2.17. The van der Waals surface area contributed by atoms with Crippen LogP contribution < -0.4 is 5.32 Å². The highest BCUT2D eigenvalue weighted by atomic mass is 16.5. The first-order valence-electron chi connectivity index (χ1n) is 5.97. The summed E-state index contributed by atoms with van der Waals surface area (Å²) < 4.78 is 4.58. The predicted molar refractivity (Wildman–Crippen MR) is 68.9 cm³/mol. The van der Waals surface area contributed by atoms with Gasteiger partial charge in [0.15, 0.2) is 0 Å². The third kappa shape index (κ3) is 4.57. The third-order valence-electron chi connectivity index (χ3n) is 2.99. The first-order valence-corrected chi connectivity index (χ1v) is 5.97. The van der Waals surface area contributed by atoms with E-state index in [2.05, 4.69) is 42.1 Å². The molecule has 3 nitrogen and oxygen atoms in total. The van der Waals surface area contributed by atoms with Crippen molar-refractivity contribution in [3.8, 4) is 0 Å². The molecule has 94 valence electrons. The Hall–Kier alpha value is -1.35. The van der Waals surface area contributed by atoms with Gasteiger partial charge in [0.05, 0.1) is 7.11 Å². The van der Waals surface area contributed by atoms with E-state index >= 15 is 0 Å². The van der Waals surface area contributed by atoms with E-state index in [9.17, 15) is 4.79 Å². The molecule has 0 bridgehead atoms. The van der Waals surface area contributed by atoms with Gasteiger partial charge in [-0.25, -0.2) is 0 Å². The minimum atomic E-state index is -0.140. The Bertz CT molecular complexity index is 374. The van der Waals surface area contributed by atoms with Crippen LogP contribution in [0.5, 0.6) is 0 Å². The first-order chi connectivity index (χ1) is 8.15. The van der Waals surface area contributed by atoms with E-state index in [1.807, 2.05) is 0 Å². The van der Waals surface area contributed by atoms with Crippen LogP contribution in [0.1, 0.15) is 29.5 Å². The largest absolute Gasteiger partial charge is 0.469 e. The molecule has 0 aliphatic heterocycles. The van der Waals surface area contributed by atoms with E-state index in [0.29, 0.717) is 6.42 Å². The highest BCUT2D eigenvalue weighted by Gasteiger charge is 2.01. The molecule has 0 aromatic heterocycles. The highest BCUT2D eigenvalue weighted by molar-refractivity contribution is 5.69. The molecule has 0 unspecified atom stereocenters. The van der Waals surface area contributed by atoms with Crippen LogP contribution in [-0.4, -0.2) is 19.6 Å². The summed E-state index contributed by atoms with van der Waals surface area (Å²) in [5, 5.41) is 3.34. The van der Waals surface area contributed by atoms with Crippen molar-refractivity contribution in [2.45, 2.75) is 33.2 Å². The molecule has 0 fully saturated rings. The van der Waals surface area contributed by atoms with E-state index in [0.717, 1.165) is 19.5 Å². The standard InChI is InChI=1S/C14H21NO2/c1-11-6-4-7-13(12(11)2)10-15-9-5-8-14(16)17-3/h4,6-7,15H,5,8-10H2,1-3H3. The third-order valence-corrected chi connectivity index (χ3v) is 2.99. The molecule has 1 rings (SSSR count). The lowest BCUT2D eigenvalue weighted by atomic mass is 10.0. The van der Waals surface area contributed by atoms with Gasteiger partial charge in [0, 0.05) is 13.0 Å². The molecule has 1 N–H and O–H groups in total. The van der Waals surface area contributed by atoms with E-state index in [1.165, 1.54) is 23.8 Å². The van der Waals surface area contributed by atoms with Crippen molar-refractivity contribution < 1.29 is 9.53 Å². The number of rotatable bonds is 6. The van der Waals surface area contributed by atoms with Crippen LogP contribution >= 0.6 is 0 Å². The minimum Gasteiger partial charge on any atom is -0.469 e. The summed E-state index contributed by atoms with van der Waals surface area (Å²) in [6.45, 7) is 5.95. The summed E-state index contributed by atoms with van der Waals surface area (Å²) >= 11 is 0. The molecule has 0 spiro atoms. The van der Waals surface area contributed by atoms with Crippen molar-refractivity contribution in [1.29, 1.82) is 0 Å². The monoisotopic (exact) mass is 235 g/mol. The fourth-order valence-corrected chi connectivity index (χ4v) is 1.69. The molecule has 0 aliphatic rings. The molecular weight excluding hydrogens is 214 g/mol. The van der Waals surface area contributed by atoms with Crippen molar-refractivity contribution >= 4 is 5.97 Å². The number of hydrogen-bond donors (Lipinski definition) is 1. The van der Waals surface area contributed by atoms with Crippen molar-refractivity contribution in [3.63, 3.8) is 0 Å². The minimum absolute atomic E-state index is 0.140. The molecule has 17 heavy (non-hydrogen) atoms. The maximum Gasteiger partial charge on any atom is 0.305 e. The van der Waals surface area contributed by atoms with Crippen molar-refractivity contribution in [3.05, 3.63) is 34.9 Å². The molecule has 0 saturated heterocycles. The molecule has 1 aromatic carbocycles. The molecular formula is C14H21NO2. The van der Waals surface area contributed by atoms with Crippen LogP contribution in [0.2, 0.25) is 0 Å². The van der Waals surface area contributed by atoms with Gasteiger partial charge in [-0.1, -0.05) is 18.2 Å². The summed E-state index contributed by atoms with van der Waals surface area (Å²) in [4.78, 5) is 10.9. The Kier molecular flexibility index (Phi) is 5.70. The average molecular weight is 235 g/mol. The van der Waals surface area contributed by atoms with Gasteiger partial charge in [-0.05, 0) is 43.5 Å². The molecule has 0 heterocycles. The zero-order valence-electron chi connectivity index (χ0n) is 10.9. The van der Waals surface area contributed by atoms with Gasteiger partial charge in [0.1, 0.15) is 0 Å². The number of aryl methyl sites for hydroxylation is 1. The molecule has 0 aliphatic carbocycles. The molecule has 3 heteroatoms. The summed E-state index contributed by atoms with van der Waals surface area (Å²) in [6.07, 6.45) is 1.30. The van der Waals surface area contributed by atoms with Gasteiger partial charge in [0.2, 0.25) is 0 Å². The van der Waals surface area contributed by atoms with Crippen molar-refractivity contribution in [1.82, 2.24) is 5.32 Å². The molecule has 1 aromatic rings. The Morgan fingerprint density at radius 1 is 1.35 bits per heavy atom. The molecule has 0 amide bonds. The number of ether oxygens (including phenoxy) is 1. The second-order valence-electron chi connectivity index (χ2n) is 4.22. The SMILES string of the molecule is COC(=O)CCCNCc1cccc(C)c1C. The fraction of sp³-hybridized carbons (Fsp3) is 0.500. The van der Waals surface area contributed by atoms with Crippen LogP contribution in [0.3, 0.4) is 0 Å². The zero-order chi connectivity index (χ0) is 12.7. The van der Waals surface area contributed by atoms with Gasteiger partial charge in [-0.3, -0.25) is 4.79 Å². The molecule has 0 saturated carbocycles. The van der Waals surface area contributed by atoms with Crippen LogP contribution in [0, 0.1) is 13.8 Å². The quantitative estimate of drug-likeness (QED) is 0.607. The maximum atomic E-state index is 10.9. The topological polar surface area (TPSA) is 38.3 Å². The predicted octanol–water partition coefficient (Wildman–Crippen LogP) is 2.35. The number of hydrogen-bond acceptors (Lipinski definition) is 3. The Morgan fingerprint density at radius 3 is 2.82 bits per heavy atom. The van der Waals surface area contributed by atoms with Gasteiger partial charge >= 0.3 is 5.97 Å². The Morgan fingerprint density at radius 2 is 2.12 bits per heavy atom. The smallest absolute Gasteiger partial charge is 0.305 e. The van der Waals surface area contributed by atoms with E-state index in [1.54, 1.807) is 0 Å². The van der Waals surface area contributed by atoms with Crippen LogP contribution in [0.15, 0.2) is 18.2 Å². The first kappa shape index (κ1) is 13.7. The van der Waals surface area contributed by atoms with Gasteiger partial charge in [-0.15, -0.1) is 0 Å². The highest BCUT2D eigenvalue weighted by Crippen LogP contribution is 2.12. The van der Waals surface area contributed by atoms with Crippen LogP contribution in [-0.2, 0) is 16.1 Å². The lowest BCUT2D eigenvalue weighted by Gasteiger charge is -2.09. The number of methoxy groups -OCH3 is 1. The second kappa shape index (κ2) is 7.07.